The average Bonchev–Trinajstić information content (AvgIpc) is 2.52. The summed E-state index contributed by atoms with van der Waals surface area (Å²) in [6.45, 7) is 1.24. The summed E-state index contributed by atoms with van der Waals surface area (Å²) in [7, 11) is 0. The molecule has 0 saturated carbocycles. The molecule has 0 atom stereocenters. The van der Waals surface area contributed by atoms with E-state index in [1.165, 1.54) is 13.0 Å². The van der Waals surface area contributed by atoms with Gasteiger partial charge in [-0.25, -0.2) is 4.79 Å². The molecule has 0 N–H and O–H groups in total. The van der Waals surface area contributed by atoms with Crippen LogP contribution in [0, 0.1) is 0 Å². The van der Waals surface area contributed by atoms with E-state index in [-0.39, 0.29) is 6.61 Å². The minimum Gasteiger partial charge on any atom is -0.462 e. The molecule has 134 valence electrons. The Kier molecular flexibility index (Phi) is 5.10. The number of benzene rings is 2. The molecule has 0 bridgehead atoms. The standard InChI is InChI=1S/C17H12F6O2/c1-2-25-15(24)12-8-5-7-11(14(12)17(21,22)23)10-6-3-4-9-13(10)16(18,19)20/h3-9H,2H2,1H3. The lowest BCUT2D eigenvalue weighted by molar-refractivity contribution is -0.139. The van der Waals surface area contributed by atoms with Crippen molar-refractivity contribution < 1.29 is 35.9 Å². The van der Waals surface area contributed by atoms with Gasteiger partial charge in [-0.05, 0) is 30.2 Å². The zero-order valence-electron chi connectivity index (χ0n) is 12.8. The van der Waals surface area contributed by atoms with Crippen LogP contribution in [0.15, 0.2) is 42.5 Å². The van der Waals surface area contributed by atoms with Crippen LogP contribution in [0.2, 0.25) is 0 Å². The van der Waals surface area contributed by atoms with Crippen molar-refractivity contribution in [3.8, 4) is 11.1 Å². The summed E-state index contributed by atoms with van der Waals surface area (Å²) in [5.74, 6) is -1.25. The molecule has 0 heterocycles. The fourth-order valence-electron chi connectivity index (χ4n) is 2.43. The van der Waals surface area contributed by atoms with Crippen LogP contribution >= 0.6 is 0 Å². The fourth-order valence-corrected chi connectivity index (χ4v) is 2.43. The smallest absolute Gasteiger partial charge is 0.417 e. The number of carbonyl (C=O) groups excluding carboxylic acids is 1. The maximum atomic E-state index is 13.5. The van der Waals surface area contributed by atoms with Crippen molar-refractivity contribution in [1.29, 1.82) is 0 Å². The van der Waals surface area contributed by atoms with Gasteiger partial charge in [0.15, 0.2) is 0 Å². The number of carbonyl (C=O) groups is 1. The molecule has 0 amide bonds. The summed E-state index contributed by atoms with van der Waals surface area (Å²) >= 11 is 0. The third kappa shape index (κ3) is 3.94. The van der Waals surface area contributed by atoms with Crippen molar-refractivity contribution >= 4 is 5.97 Å². The minimum absolute atomic E-state index is 0.167. The highest BCUT2D eigenvalue weighted by atomic mass is 19.4. The molecule has 8 heteroatoms. The van der Waals surface area contributed by atoms with E-state index < -0.39 is 46.1 Å². The van der Waals surface area contributed by atoms with Crippen LogP contribution in [0.25, 0.3) is 11.1 Å². The van der Waals surface area contributed by atoms with Gasteiger partial charge < -0.3 is 4.74 Å². The molecule has 0 aliphatic carbocycles. The zero-order chi connectivity index (χ0) is 18.8. The number of hydrogen-bond acceptors (Lipinski definition) is 2. The van der Waals surface area contributed by atoms with Gasteiger partial charge >= 0.3 is 18.3 Å². The van der Waals surface area contributed by atoms with Gasteiger partial charge in [0.25, 0.3) is 0 Å². The molecule has 2 nitrogen and oxygen atoms in total. The predicted octanol–water partition coefficient (Wildman–Crippen LogP) is 5.57. The number of rotatable bonds is 3. The minimum atomic E-state index is -5.04. The Morgan fingerprint density at radius 3 is 2.04 bits per heavy atom. The lowest BCUT2D eigenvalue weighted by Crippen LogP contribution is -2.17. The Hall–Kier alpha value is -2.51. The Labute approximate surface area is 139 Å². The van der Waals surface area contributed by atoms with Crippen molar-refractivity contribution in [3.63, 3.8) is 0 Å². The first kappa shape index (κ1) is 18.8. The average molecular weight is 362 g/mol. The fraction of sp³-hybridized carbons (Fsp3) is 0.235. The van der Waals surface area contributed by atoms with Crippen LogP contribution in [0.5, 0.6) is 0 Å². The summed E-state index contributed by atoms with van der Waals surface area (Å²) in [5.41, 5.74) is -4.89. The van der Waals surface area contributed by atoms with Crippen molar-refractivity contribution in [2.24, 2.45) is 0 Å². The van der Waals surface area contributed by atoms with Gasteiger partial charge in [0, 0.05) is 0 Å². The molecule has 25 heavy (non-hydrogen) atoms. The maximum Gasteiger partial charge on any atom is 0.417 e. The number of hydrogen-bond donors (Lipinski definition) is 0. The van der Waals surface area contributed by atoms with E-state index in [4.69, 9.17) is 0 Å². The normalized spacial score (nSPS) is 12.1. The molecule has 2 aromatic carbocycles. The second-order valence-electron chi connectivity index (χ2n) is 4.99. The number of ether oxygens (including phenoxy) is 1. The summed E-state index contributed by atoms with van der Waals surface area (Å²) in [5, 5.41) is 0. The Morgan fingerprint density at radius 2 is 1.48 bits per heavy atom. The molecule has 0 aliphatic rings. The van der Waals surface area contributed by atoms with Crippen molar-refractivity contribution in [2.75, 3.05) is 6.61 Å². The molecular formula is C17H12F6O2. The van der Waals surface area contributed by atoms with Crippen molar-refractivity contribution in [3.05, 3.63) is 59.2 Å². The van der Waals surface area contributed by atoms with Gasteiger partial charge in [0.2, 0.25) is 0 Å². The highest BCUT2D eigenvalue weighted by molar-refractivity contribution is 5.94. The molecule has 0 fully saturated rings. The molecule has 0 radical (unpaired) electrons. The predicted molar refractivity (Wildman–Crippen MR) is 77.8 cm³/mol. The number of alkyl halides is 6. The van der Waals surface area contributed by atoms with E-state index in [9.17, 15) is 31.1 Å². The summed E-state index contributed by atoms with van der Waals surface area (Å²) < 4.78 is 84.7. The first-order valence-electron chi connectivity index (χ1n) is 7.11. The number of halogens is 6. The molecule has 0 aliphatic heterocycles. The Balaban J connectivity index is 2.80. The first-order valence-corrected chi connectivity index (χ1v) is 7.11. The lowest BCUT2D eigenvalue weighted by Gasteiger charge is -2.19. The van der Waals surface area contributed by atoms with E-state index in [0.29, 0.717) is 6.07 Å². The van der Waals surface area contributed by atoms with Gasteiger partial charge in [-0.1, -0.05) is 30.3 Å². The van der Waals surface area contributed by atoms with Crippen LogP contribution in [0.3, 0.4) is 0 Å². The Morgan fingerprint density at radius 1 is 0.880 bits per heavy atom. The monoisotopic (exact) mass is 362 g/mol. The molecule has 0 saturated heterocycles. The molecule has 0 spiro atoms. The van der Waals surface area contributed by atoms with E-state index >= 15 is 0 Å². The number of esters is 1. The van der Waals surface area contributed by atoms with Crippen molar-refractivity contribution in [1.82, 2.24) is 0 Å². The van der Waals surface area contributed by atoms with Gasteiger partial charge in [-0.2, -0.15) is 26.3 Å². The SMILES string of the molecule is CCOC(=O)c1cccc(-c2ccccc2C(F)(F)F)c1C(F)(F)F. The highest BCUT2D eigenvalue weighted by Gasteiger charge is 2.41. The molecular weight excluding hydrogens is 350 g/mol. The third-order valence-electron chi connectivity index (χ3n) is 3.37. The van der Waals surface area contributed by atoms with Crippen LogP contribution in [0.1, 0.15) is 28.4 Å². The third-order valence-corrected chi connectivity index (χ3v) is 3.37. The topological polar surface area (TPSA) is 26.3 Å². The lowest BCUT2D eigenvalue weighted by atomic mass is 9.91. The quantitative estimate of drug-likeness (QED) is 0.527. The van der Waals surface area contributed by atoms with Crippen LogP contribution in [-0.4, -0.2) is 12.6 Å². The summed E-state index contributed by atoms with van der Waals surface area (Å²) in [4.78, 5) is 11.8. The van der Waals surface area contributed by atoms with Gasteiger partial charge in [-0.15, -0.1) is 0 Å². The molecule has 0 unspecified atom stereocenters. The highest BCUT2D eigenvalue weighted by Crippen LogP contribution is 2.43. The maximum absolute atomic E-state index is 13.5. The van der Waals surface area contributed by atoms with Gasteiger partial charge in [-0.3, -0.25) is 0 Å². The van der Waals surface area contributed by atoms with Gasteiger partial charge in [0.05, 0.1) is 23.3 Å². The van der Waals surface area contributed by atoms with Crippen LogP contribution < -0.4 is 0 Å². The second-order valence-corrected chi connectivity index (χ2v) is 4.99. The summed E-state index contributed by atoms with van der Waals surface area (Å²) in [6.07, 6.45) is -9.89. The molecule has 2 rings (SSSR count). The van der Waals surface area contributed by atoms with Crippen molar-refractivity contribution in [2.45, 2.75) is 19.3 Å². The van der Waals surface area contributed by atoms with Gasteiger partial charge in [0.1, 0.15) is 0 Å². The first-order chi connectivity index (χ1) is 11.6. The van der Waals surface area contributed by atoms with E-state index in [0.717, 1.165) is 30.3 Å². The molecule has 0 aromatic heterocycles. The van der Waals surface area contributed by atoms with Crippen LogP contribution in [0.4, 0.5) is 26.3 Å². The second kappa shape index (κ2) is 6.78. The zero-order valence-corrected chi connectivity index (χ0v) is 12.8. The molecule has 2 aromatic rings. The van der Waals surface area contributed by atoms with Crippen LogP contribution in [-0.2, 0) is 17.1 Å². The largest absolute Gasteiger partial charge is 0.462 e. The summed E-state index contributed by atoms with van der Waals surface area (Å²) in [6, 6.07) is 6.76. The van der Waals surface area contributed by atoms with E-state index in [1.807, 2.05) is 0 Å². The Bertz CT molecular complexity index is 777. The van der Waals surface area contributed by atoms with E-state index in [2.05, 4.69) is 4.74 Å². The van der Waals surface area contributed by atoms with E-state index in [1.54, 1.807) is 0 Å².